The van der Waals surface area contributed by atoms with Crippen LogP contribution in [0.4, 0.5) is 5.13 Å². The number of carbonyl (C=O) groups excluding carboxylic acids is 1. The average Bonchev–Trinajstić information content (AvgIpc) is 3.80. The molecule has 0 spiro atoms. The number of aryl methyl sites for hydroxylation is 1. The highest BCUT2D eigenvalue weighted by Gasteiger charge is 2.54. The lowest BCUT2D eigenvalue weighted by molar-refractivity contribution is -0.0907. The van der Waals surface area contributed by atoms with Crippen LogP contribution in [0.3, 0.4) is 0 Å². The van der Waals surface area contributed by atoms with Gasteiger partial charge in [0.05, 0.1) is 23.9 Å². The second kappa shape index (κ2) is 14.4. The summed E-state index contributed by atoms with van der Waals surface area (Å²) in [4.78, 5) is 22.2. The molecule has 3 atom stereocenters. The molecule has 3 N–H and O–H groups in total. The van der Waals surface area contributed by atoms with Gasteiger partial charge in [0, 0.05) is 16.4 Å². The van der Waals surface area contributed by atoms with E-state index in [-0.39, 0.29) is 17.2 Å². The van der Waals surface area contributed by atoms with Crippen LogP contribution in [0.2, 0.25) is 5.02 Å². The van der Waals surface area contributed by atoms with Crippen molar-refractivity contribution in [3.05, 3.63) is 80.5 Å². The van der Waals surface area contributed by atoms with Crippen molar-refractivity contribution in [1.82, 2.24) is 25.1 Å². The summed E-state index contributed by atoms with van der Waals surface area (Å²) in [5, 5.41) is 34.1. The number of nitrogens with one attached hydrogen (secondary N) is 2. The Morgan fingerprint density at radius 2 is 2.05 bits per heavy atom. The molecule has 4 aromatic rings. The standard InChI is InChI=1S/C17H22ClN3O.C14H16N4OS2/c1-16(2)8-7-14(9-13-3-5-15(18)6-4-13)17(16,22)10-21-12-19-11-20-21;1-3-9-12(21-14(18-9)16-4-2)13(19)17-10(8-15)11-6-5-7-20-11/h3-6,11-12,14,22H,7-10H2,1-2H3;5-7,10H,3-4H2,1-2H3,(H,16,18)(H,17,19). The van der Waals surface area contributed by atoms with Crippen LogP contribution >= 0.6 is 34.3 Å². The first-order chi connectivity index (χ1) is 20.6. The van der Waals surface area contributed by atoms with Gasteiger partial charge in [0.2, 0.25) is 0 Å². The van der Waals surface area contributed by atoms with Gasteiger partial charge in [0.15, 0.2) is 11.2 Å². The molecule has 9 nitrogen and oxygen atoms in total. The minimum absolute atomic E-state index is 0.143. The van der Waals surface area contributed by atoms with E-state index in [1.807, 2.05) is 55.6 Å². The molecule has 43 heavy (non-hydrogen) atoms. The predicted molar refractivity (Wildman–Crippen MR) is 172 cm³/mol. The second-order valence-electron chi connectivity index (χ2n) is 11.2. The minimum Gasteiger partial charge on any atom is -0.387 e. The molecule has 0 radical (unpaired) electrons. The Kier molecular flexibility index (Phi) is 11.0. The molecule has 228 valence electrons. The number of amides is 1. The molecule has 0 aliphatic heterocycles. The smallest absolute Gasteiger partial charge is 0.264 e. The third-order valence-corrected chi connectivity index (χ3v) is 10.3. The Labute approximate surface area is 266 Å². The molecule has 12 heteroatoms. The normalized spacial score (nSPS) is 19.6. The number of halogens is 1. The van der Waals surface area contributed by atoms with Crippen LogP contribution in [0.25, 0.3) is 0 Å². The van der Waals surface area contributed by atoms with E-state index in [9.17, 15) is 15.2 Å². The molecule has 5 rings (SSSR count). The topological polar surface area (TPSA) is 129 Å². The fourth-order valence-corrected chi connectivity index (χ4v) is 7.31. The molecule has 1 aliphatic carbocycles. The van der Waals surface area contributed by atoms with Gasteiger partial charge in [-0.05, 0) is 73.1 Å². The molecule has 1 amide bonds. The maximum absolute atomic E-state index is 12.4. The van der Waals surface area contributed by atoms with Gasteiger partial charge >= 0.3 is 0 Å². The fourth-order valence-electron chi connectivity index (χ4n) is 5.44. The largest absolute Gasteiger partial charge is 0.387 e. The summed E-state index contributed by atoms with van der Waals surface area (Å²) in [6, 6.07) is 13.1. The molecule has 1 aromatic carbocycles. The number of benzene rings is 1. The molecule has 1 aliphatic rings. The number of thiazole rings is 1. The van der Waals surface area contributed by atoms with Gasteiger partial charge in [-0.3, -0.25) is 9.48 Å². The molecule has 0 saturated heterocycles. The number of aromatic nitrogens is 4. The number of thiophene rings is 1. The van der Waals surface area contributed by atoms with Crippen molar-refractivity contribution in [2.75, 3.05) is 11.9 Å². The second-order valence-corrected chi connectivity index (χ2v) is 13.6. The van der Waals surface area contributed by atoms with E-state index in [1.165, 1.54) is 34.6 Å². The van der Waals surface area contributed by atoms with Gasteiger partial charge in [-0.2, -0.15) is 10.4 Å². The number of anilines is 1. The van der Waals surface area contributed by atoms with Gasteiger partial charge in [-0.25, -0.2) is 9.97 Å². The molecule has 3 aromatic heterocycles. The number of nitriles is 1. The summed E-state index contributed by atoms with van der Waals surface area (Å²) >= 11 is 8.74. The first-order valence-electron chi connectivity index (χ1n) is 14.4. The Morgan fingerprint density at radius 3 is 2.65 bits per heavy atom. The van der Waals surface area contributed by atoms with E-state index in [0.717, 1.165) is 46.5 Å². The van der Waals surface area contributed by atoms with E-state index in [1.54, 1.807) is 11.0 Å². The van der Waals surface area contributed by atoms with Crippen molar-refractivity contribution in [3.63, 3.8) is 0 Å². The van der Waals surface area contributed by atoms with Crippen LogP contribution in [0.1, 0.15) is 72.4 Å². The first kappa shape index (κ1) is 32.6. The summed E-state index contributed by atoms with van der Waals surface area (Å²) in [7, 11) is 0. The number of carbonyl (C=O) groups is 1. The molecule has 0 bridgehead atoms. The van der Waals surface area contributed by atoms with E-state index >= 15 is 0 Å². The van der Waals surface area contributed by atoms with Gasteiger partial charge in [-0.15, -0.1) is 11.3 Å². The minimum atomic E-state index is -0.791. The van der Waals surface area contributed by atoms with Crippen molar-refractivity contribution in [1.29, 1.82) is 5.26 Å². The van der Waals surface area contributed by atoms with E-state index in [0.29, 0.717) is 17.8 Å². The van der Waals surface area contributed by atoms with Crippen molar-refractivity contribution >= 4 is 45.3 Å². The quantitative estimate of drug-likeness (QED) is 0.180. The Hall–Kier alpha value is -3.30. The maximum atomic E-state index is 12.4. The highest BCUT2D eigenvalue weighted by Crippen LogP contribution is 2.51. The Bertz CT molecular complexity index is 1500. The number of hydrogen-bond acceptors (Lipinski definition) is 9. The van der Waals surface area contributed by atoms with Crippen LogP contribution in [-0.2, 0) is 19.4 Å². The zero-order valence-electron chi connectivity index (χ0n) is 24.9. The van der Waals surface area contributed by atoms with E-state index in [4.69, 9.17) is 11.6 Å². The van der Waals surface area contributed by atoms with Crippen LogP contribution in [0, 0.1) is 22.7 Å². The summed E-state index contributed by atoms with van der Waals surface area (Å²) in [5.74, 6) is -0.0404. The highest BCUT2D eigenvalue weighted by atomic mass is 35.5. The molecule has 1 fully saturated rings. The number of hydrogen-bond donors (Lipinski definition) is 3. The molecule has 3 heterocycles. The SMILES string of the molecule is CC1(C)CCC(Cc2ccc(Cl)cc2)C1(O)Cn1cncn1.CCNc1nc(CC)c(C(=O)NC(C#N)c2cccs2)s1. The van der Waals surface area contributed by atoms with Crippen molar-refractivity contribution < 1.29 is 9.90 Å². The predicted octanol–water partition coefficient (Wildman–Crippen LogP) is 6.53. The fraction of sp³-hybridized carbons (Fsp3) is 0.452. The zero-order valence-corrected chi connectivity index (χ0v) is 27.3. The highest BCUT2D eigenvalue weighted by molar-refractivity contribution is 7.17. The molecular formula is C31H38ClN7O2S2. The number of rotatable bonds is 10. The van der Waals surface area contributed by atoms with E-state index < -0.39 is 11.6 Å². The van der Waals surface area contributed by atoms with Gasteiger partial charge in [-0.1, -0.05) is 61.9 Å². The summed E-state index contributed by atoms with van der Waals surface area (Å²) in [5.41, 5.74) is 1.04. The molecule has 1 saturated carbocycles. The Balaban J connectivity index is 0.000000197. The van der Waals surface area contributed by atoms with Gasteiger partial charge in [0.25, 0.3) is 5.91 Å². The van der Waals surface area contributed by atoms with Crippen LogP contribution in [0.15, 0.2) is 54.4 Å². The van der Waals surface area contributed by atoms with Crippen molar-refractivity contribution in [2.45, 2.75) is 71.6 Å². The lowest BCUT2D eigenvalue weighted by Crippen LogP contribution is -2.49. The lowest BCUT2D eigenvalue weighted by Gasteiger charge is -2.40. The summed E-state index contributed by atoms with van der Waals surface area (Å²) in [6.45, 7) is 9.47. The average molecular weight is 640 g/mol. The van der Waals surface area contributed by atoms with Crippen molar-refractivity contribution in [3.8, 4) is 6.07 Å². The zero-order chi connectivity index (χ0) is 31.0. The maximum Gasteiger partial charge on any atom is 0.264 e. The van der Waals surface area contributed by atoms with Gasteiger partial charge in [0.1, 0.15) is 17.5 Å². The Morgan fingerprint density at radius 1 is 1.28 bits per heavy atom. The first-order valence-corrected chi connectivity index (χ1v) is 16.4. The summed E-state index contributed by atoms with van der Waals surface area (Å²) in [6.07, 6.45) is 6.75. The third-order valence-electron chi connectivity index (χ3n) is 8.03. The number of aliphatic hydroxyl groups is 1. The third kappa shape index (κ3) is 7.81. The number of nitrogens with zero attached hydrogens (tertiary/aromatic N) is 5. The van der Waals surface area contributed by atoms with Crippen LogP contribution < -0.4 is 10.6 Å². The van der Waals surface area contributed by atoms with Crippen LogP contribution in [-0.4, -0.2) is 42.9 Å². The lowest BCUT2D eigenvalue weighted by atomic mass is 9.72. The van der Waals surface area contributed by atoms with Gasteiger partial charge < -0.3 is 15.7 Å². The molecular weight excluding hydrogens is 602 g/mol. The van der Waals surface area contributed by atoms with Crippen molar-refractivity contribution in [2.24, 2.45) is 11.3 Å². The monoisotopic (exact) mass is 639 g/mol. The van der Waals surface area contributed by atoms with Crippen LogP contribution in [0.5, 0.6) is 0 Å². The summed E-state index contributed by atoms with van der Waals surface area (Å²) < 4.78 is 1.74. The van der Waals surface area contributed by atoms with E-state index in [2.05, 4.69) is 45.6 Å². The molecule has 3 unspecified atom stereocenters.